The van der Waals surface area contributed by atoms with E-state index >= 15 is 0 Å². The summed E-state index contributed by atoms with van der Waals surface area (Å²) in [5, 5.41) is 25.1. The number of anilines is 1. The van der Waals surface area contributed by atoms with E-state index in [9.17, 15) is 10.1 Å². The van der Waals surface area contributed by atoms with E-state index in [0.717, 1.165) is 6.21 Å². The zero-order chi connectivity index (χ0) is 15.2. The number of hydrogen-bond donors (Lipinski definition) is 2. The van der Waals surface area contributed by atoms with Gasteiger partial charge >= 0.3 is 0 Å². The number of hydrogen-bond acceptors (Lipinski definition) is 7. The smallest absolute Gasteiger partial charge is 0.296 e. The molecule has 0 atom stereocenters. The summed E-state index contributed by atoms with van der Waals surface area (Å²) in [6.07, 6.45) is 2.63. The molecule has 8 heteroatoms. The van der Waals surface area contributed by atoms with Crippen LogP contribution in [0.25, 0.3) is 0 Å². The van der Waals surface area contributed by atoms with Crippen molar-refractivity contribution in [3.63, 3.8) is 0 Å². The number of benzene rings is 1. The van der Waals surface area contributed by atoms with Crippen molar-refractivity contribution < 1.29 is 14.9 Å². The highest BCUT2D eigenvalue weighted by molar-refractivity contribution is 5.76. The van der Waals surface area contributed by atoms with Gasteiger partial charge in [0.25, 0.3) is 5.69 Å². The van der Waals surface area contributed by atoms with Crippen LogP contribution >= 0.6 is 0 Å². The maximum Gasteiger partial charge on any atom is 0.296 e. The second kappa shape index (κ2) is 6.33. The molecule has 1 heterocycles. The Hall–Kier alpha value is -3.16. The molecule has 8 nitrogen and oxygen atoms in total. The molecule has 0 saturated carbocycles. The Balaban J connectivity index is 2.29. The molecule has 2 N–H and O–H groups in total. The molecule has 1 aromatic carbocycles. The summed E-state index contributed by atoms with van der Waals surface area (Å²) in [7, 11) is 1.60. The summed E-state index contributed by atoms with van der Waals surface area (Å²) in [4.78, 5) is 14.4. The van der Waals surface area contributed by atoms with E-state index in [0.29, 0.717) is 22.9 Å². The standard InChI is InChI=1S/C13H12N4O4/c1-14-12-3-2-10(7-13(12)17(19)20)21-11-4-5-15-9(6-11)8-16-18/h2-8,14,18H,1H3/b16-8-. The molecule has 108 valence electrons. The molecule has 0 bridgehead atoms. The summed E-state index contributed by atoms with van der Waals surface area (Å²) in [5.41, 5.74) is 0.715. The molecule has 0 saturated heterocycles. The van der Waals surface area contributed by atoms with Gasteiger partial charge in [-0.15, -0.1) is 0 Å². The molecular formula is C13H12N4O4. The summed E-state index contributed by atoms with van der Waals surface area (Å²) >= 11 is 0. The highest BCUT2D eigenvalue weighted by Gasteiger charge is 2.14. The largest absolute Gasteiger partial charge is 0.457 e. The molecule has 0 spiro atoms. The maximum absolute atomic E-state index is 11.0. The minimum absolute atomic E-state index is 0.0822. The van der Waals surface area contributed by atoms with Crippen molar-refractivity contribution >= 4 is 17.6 Å². The number of nitro benzene ring substituents is 1. The second-order valence-electron chi connectivity index (χ2n) is 3.95. The monoisotopic (exact) mass is 288 g/mol. The van der Waals surface area contributed by atoms with Crippen LogP contribution in [0.15, 0.2) is 41.7 Å². The molecule has 2 aromatic rings. The van der Waals surface area contributed by atoms with Gasteiger partial charge in [-0.05, 0) is 18.2 Å². The first kappa shape index (κ1) is 14.3. The fourth-order valence-electron chi connectivity index (χ4n) is 1.69. The second-order valence-corrected chi connectivity index (χ2v) is 3.95. The van der Waals surface area contributed by atoms with Crippen LogP contribution in [-0.4, -0.2) is 28.4 Å². The van der Waals surface area contributed by atoms with Crippen LogP contribution in [0.1, 0.15) is 5.69 Å². The molecule has 21 heavy (non-hydrogen) atoms. The molecule has 0 amide bonds. The first-order valence-corrected chi connectivity index (χ1v) is 5.91. The quantitative estimate of drug-likeness (QED) is 0.379. The Morgan fingerprint density at radius 2 is 2.14 bits per heavy atom. The van der Waals surface area contributed by atoms with Crippen molar-refractivity contribution in [3.05, 3.63) is 52.3 Å². The number of pyridine rings is 1. The molecule has 0 aliphatic rings. The molecule has 0 aliphatic carbocycles. The minimum atomic E-state index is -0.491. The van der Waals surface area contributed by atoms with E-state index in [1.54, 1.807) is 25.2 Å². The average Bonchev–Trinajstić information content (AvgIpc) is 2.48. The van der Waals surface area contributed by atoms with Crippen molar-refractivity contribution in [2.45, 2.75) is 0 Å². The Bertz CT molecular complexity index is 688. The third-order valence-electron chi connectivity index (χ3n) is 2.61. The molecule has 2 rings (SSSR count). The fraction of sp³-hybridized carbons (Fsp3) is 0.0769. The number of nitrogens with zero attached hydrogens (tertiary/aromatic N) is 3. The van der Waals surface area contributed by atoms with Crippen LogP contribution in [0.5, 0.6) is 11.5 Å². The van der Waals surface area contributed by atoms with Gasteiger partial charge < -0.3 is 15.3 Å². The Morgan fingerprint density at radius 3 is 2.81 bits per heavy atom. The van der Waals surface area contributed by atoms with Gasteiger partial charge in [-0.25, -0.2) is 0 Å². The maximum atomic E-state index is 11.0. The van der Waals surface area contributed by atoms with Gasteiger partial charge in [0.05, 0.1) is 22.9 Å². The number of rotatable bonds is 5. The first-order chi connectivity index (χ1) is 10.1. The van der Waals surface area contributed by atoms with Gasteiger partial charge in [0, 0.05) is 19.3 Å². The normalized spacial score (nSPS) is 10.5. The average molecular weight is 288 g/mol. The lowest BCUT2D eigenvalue weighted by Gasteiger charge is -2.08. The highest BCUT2D eigenvalue weighted by Crippen LogP contribution is 2.31. The summed E-state index contributed by atoms with van der Waals surface area (Å²) < 4.78 is 5.54. The highest BCUT2D eigenvalue weighted by atomic mass is 16.6. The predicted octanol–water partition coefficient (Wildman–Crippen LogP) is 2.63. The van der Waals surface area contributed by atoms with Gasteiger partial charge in [-0.1, -0.05) is 5.16 Å². The summed E-state index contributed by atoms with van der Waals surface area (Å²) in [6.45, 7) is 0. The SMILES string of the molecule is CNc1ccc(Oc2ccnc(/C=N\O)c2)cc1[N+](=O)[O-]. The van der Waals surface area contributed by atoms with Gasteiger partial charge in [-0.2, -0.15) is 0 Å². The summed E-state index contributed by atoms with van der Waals surface area (Å²) in [5.74, 6) is 0.741. The van der Waals surface area contributed by atoms with Crippen LogP contribution in [0.2, 0.25) is 0 Å². The number of nitro groups is 1. The van der Waals surface area contributed by atoms with Crippen molar-refractivity contribution in [2.24, 2.45) is 5.16 Å². The minimum Gasteiger partial charge on any atom is -0.457 e. The van der Waals surface area contributed by atoms with Crippen LogP contribution < -0.4 is 10.1 Å². The van der Waals surface area contributed by atoms with E-state index in [1.807, 2.05) is 0 Å². The number of ether oxygens (including phenoxy) is 1. The van der Waals surface area contributed by atoms with Crippen LogP contribution in [0.4, 0.5) is 11.4 Å². The van der Waals surface area contributed by atoms with Gasteiger partial charge in [0.1, 0.15) is 17.2 Å². The molecule has 0 aliphatic heterocycles. The number of aromatic nitrogens is 1. The van der Waals surface area contributed by atoms with E-state index < -0.39 is 4.92 Å². The van der Waals surface area contributed by atoms with Crippen molar-refractivity contribution in [2.75, 3.05) is 12.4 Å². The van der Waals surface area contributed by atoms with Gasteiger partial charge in [-0.3, -0.25) is 15.1 Å². The van der Waals surface area contributed by atoms with Crippen molar-refractivity contribution in [1.82, 2.24) is 4.98 Å². The molecular weight excluding hydrogens is 276 g/mol. The van der Waals surface area contributed by atoms with Crippen LogP contribution in [-0.2, 0) is 0 Å². The van der Waals surface area contributed by atoms with Gasteiger partial charge in [0.2, 0.25) is 0 Å². The van der Waals surface area contributed by atoms with E-state index in [1.165, 1.54) is 18.3 Å². The molecule has 0 radical (unpaired) electrons. The van der Waals surface area contributed by atoms with Crippen molar-refractivity contribution in [1.29, 1.82) is 0 Å². The lowest BCUT2D eigenvalue weighted by molar-refractivity contribution is -0.384. The van der Waals surface area contributed by atoms with E-state index in [4.69, 9.17) is 9.94 Å². The summed E-state index contributed by atoms with van der Waals surface area (Å²) in [6, 6.07) is 7.62. The van der Waals surface area contributed by atoms with Gasteiger partial charge in [0.15, 0.2) is 0 Å². The Kier molecular flexibility index (Phi) is 4.30. The Morgan fingerprint density at radius 1 is 1.38 bits per heavy atom. The lowest BCUT2D eigenvalue weighted by atomic mass is 10.2. The topological polar surface area (TPSA) is 110 Å². The van der Waals surface area contributed by atoms with Crippen molar-refractivity contribution in [3.8, 4) is 11.5 Å². The molecule has 1 aromatic heterocycles. The number of oxime groups is 1. The zero-order valence-electron chi connectivity index (χ0n) is 11.1. The van der Waals surface area contributed by atoms with E-state index in [-0.39, 0.29) is 5.69 Å². The zero-order valence-corrected chi connectivity index (χ0v) is 11.1. The first-order valence-electron chi connectivity index (χ1n) is 5.91. The predicted molar refractivity (Wildman–Crippen MR) is 76.3 cm³/mol. The Labute approximate surface area is 119 Å². The lowest BCUT2D eigenvalue weighted by Crippen LogP contribution is -1.97. The fourth-order valence-corrected chi connectivity index (χ4v) is 1.69. The third-order valence-corrected chi connectivity index (χ3v) is 2.61. The number of nitrogens with one attached hydrogen (secondary N) is 1. The van der Waals surface area contributed by atoms with Crippen LogP contribution in [0, 0.1) is 10.1 Å². The van der Waals surface area contributed by atoms with Crippen LogP contribution in [0.3, 0.4) is 0 Å². The third kappa shape index (κ3) is 3.44. The molecule has 0 fully saturated rings. The van der Waals surface area contributed by atoms with E-state index in [2.05, 4.69) is 15.5 Å². The molecule has 0 unspecified atom stereocenters.